The van der Waals surface area contributed by atoms with Crippen molar-refractivity contribution < 1.29 is 24.1 Å². The van der Waals surface area contributed by atoms with Crippen LogP contribution in [-0.4, -0.2) is 82.5 Å². The maximum Gasteiger partial charge on any atom is 0.307 e. The van der Waals surface area contributed by atoms with Gasteiger partial charge in [-0.05, 0) is 110 Å². The van der Waals surface area contributed by atoms with Gasteiger partial charge in [0, 0.05) is 47.5 Å². The summed E-state index contributed by atoms with van der Waals surface area (Å²) >= 11 is 0. The first-order chi connectivity index (χ1) is 25.7. The van der Waals surface area contributed by atoms with E-state index in [4.69, 9.17) is 24.3 Å². The number of carbonyl (C=O) groups is 1. The van der Waals surface area contributed by atoms with Gasteiger partial charge in [0.2, 0.25) is 0 Å². The minimum Gasteiger partial charge on any atom is -0.481 e. The first-order valence-corrected chi connectivity index (χ1v) is 20.9. The molecule has 2 bridgehead atoms. The molecule has 1 unspecified atom stereocenters. The molecule has 2 aromatic rings. The Bertz CT molecular complexity index is 1740. The Balaban J connectivity index is 1.23. The number of nitrogens with zero attached hydrogens (tertiary/aromatic N) is 4. The Morgan fingerprint density at radius 3 is 2.44 bits per heavy atom. The molecule has 4 heterocycles. The van der Waals surface area contributed by atoms with Crippen molar-refractivity contribution in [2.24, 2.45) is 56.7 Å². The number of aliphatic carboxylic acids is 1. The number of hydrogen-bond acceptors (Lipinski definition) is 8. The van der Waals surface area contributed by atoms with Gasteiger partial charge < -0.3 is 24.6 Å². The fourth-order valence-corrected chi connectivity index (χ4v) is 13.8. The molecule has 0 spiro atoms. The predicted molar refractivity (Wildman–Crippen MR) is 207 cm³/mol. The second kappa shape index (κ2) is 13.5. The number of likely N-dealkylation sites (N-methyl/N-ethyl adjacent to an activating group) is 1. The zero-order valence-corrected chi connectivity index (χ0v) is 34.1. The topological polar surface area (TPSA) is 121 Å². The molecule has 0 amide bonds. The molecule has 10 nitrogen and oxygen atoms in total. The Morgan fingerprint density at radius 1 is 1.02 bits per heavy atom. The highest BCUT2D eigenvalue weighted by atomic mass is 16.5. The molecule has 10 heteroatoms. The highest BCUT2D eigenvalue weighted by Gasteiger charge is 2.72. The van der Waals surface area contributed by atoms with Crippen LogP contribution in [0, 0.1) is 56.7 Å². The fraction of sp³-hybridized carbons (Fsp3) is 0.773. The Labute approximate surface area is 322 Å². The summed E-state index contributed by atoms with van der Waals surface area (Å²) in [6.45, 7) is 19.7. The molecule has 2 N–H and O–H groups in total. The van der Waals surface area contributed by atoms with Gasteiger partial charge in [-0.15, -0.1) is 0 Å². The first kappa shape index (κ1) is 38.2. The van der Waals surface area contributed by atoms with E-state index < -0.39 is 11.9 Å². The molecule has 2 saturated heterocycles. The standard InChI is InChI=1S/C44H65N5O5/c1-28(2)29(3)39(4)15-16-41(6)31-9-10-34-40(5)24-53-26-44(34,32(31)11-14-42(41,7)35(39)38(50)51)23-33(36(40)54-25-43(45-8)17-21-52-22-18-43)49-37(47-27-48-49)30-12-19-46-20-13-30/h11-13,19-20,27-29,31,33-36,45H,9-10,14-18,21-26H2,1-8H3,(H,50,51)/t29-,31+,33-,34+,35-,36+,39-,40+,41-,42+,44?/m1/s1. The van der Waals surface area contributed by atoms with Gasteiger partial charge in [-0.1, -0.05) is 60.1 Å². The average molecular weight is 744 g/mol. The zero-order chi connectivity index (χ0) is 38.3. The molecule has 2 aromatic heterocycles. The van der Waals surface area contributed by atoms with Crippen molar-refractivity contribution in [1.29, 1.82) is 0 Å². The van der Waals surface area contributed by atoms with Crippen molar-refractivity contribution in [3.05, 3.63) is 42.5 Å². The molecular formula is C44H65N5O5. The predicted octanol–water partition coefficient (Wildman–Crippen LogP) is 7.62. The molecule has 0 aromatic carbocycles. The van der Waals surface area contributed by atoms with Crippen LogP contribution < -0.4 is 5.32 Å². The summed E-state index contributed by atoms with van der Waals surface area (Å²) in [5, 5.41) is 19.8. The summed E-state index contributed by atoms with van der Waals surface area (Å²) in [7, 11) is 2.06. The lowest BCUT2D eigenvalue weighted by molar-refractivity contribution is -0.253. The van der Waals surface area contributed by atoms with E-state index in [0.717, 1.165) is 76.0 Å². The van der Waals surface area contributed by atoms with Crippen LogP contribution in [-0.2, 0) is 19.0 Å². The Morgan fingerprint density at radius 2 is 1.76 bits per heavy atom. The first-order valence-electron chi connectivity index (χ1n) is 20.9. The number of fused-ring (bicyclic) bond motifs is 3. The van der Waals surface area contributed by atoms with E-state index in [1.807, 2.05) is 24.5 Å². The number of hydrogen-bond donors (Lipinski definition) is 2. The van der Waals surface area contributed by atoms with Crippen LogP contribution in [0.4, 0.5) is 0 Å². The second-order valence-corrected chi connectivity index (χ2v) is 19.8. The van der Waals surface area contributed by atoms with E-state index in [1.165, 1.54) is 5.57 Å². The maximum atomic E-state index is 13.6. The van der Waals surface area contributed by atoms with Crippen LogP contribution in [0.25, 0.3) is 11.4 Å². The lowest BCUT2D eigenvalue weighted by Crippen LogP contribution is -2.69. The Kier molecular flexibility index (Phi) is 9.54. The van der Waals surface area contributed by atoms with E-state index in [2.05, 4.69) is 76.6 Å². The third kappa shape index (κ3) is 5.38. The van der Waals surface area contributed by atoms with Crippen LogP contribution in [0.1, 0.15) is 106 Å². The van der Waals surface area contributed by atoms with Crippen LogP contribution in [0.2, 0.25) is 0 Å². The molecule has 3 saturated carbocycles. The maximum absolute atomic E-state index is 13.6. The third-order valence-electron chi connectivity index (χ3n) is 17.4. The van der Waals surface area contributed by atoms with Crippen molar-refractivity contribution in [3.63, 3.8) is 0 Å². The number of ether oxygens (including phenoxy) is 3. The van der Waals surface area contributed by atoms with Crippen LogP contribution >= 0.6 is 0 Å². The van der Waals surface area contributed by atoms with E-state index in [0.29, 0.717) is 43.5 Å². The summed E-state index contributed by atoms with van der Waals surface area (Å²) in [5.41, 5.74) is 1.10. The molecule has 54 heavy (non-hydrogen) atoms. The molecule has 0 radical (unpaired) electrons. The van der Waals surface area contributed by atoms with Crippen LogP contribution in [0.5, 0.6) is 0 Å². The van der Waals surface area contributed by atoms with Crippen molar-refractivity contribution in [2.75, 3.05) is 40.1 Å². The van der Waals surface area contributed by atoms with Gasteiger partial charge in [0.25, 0.3) is 0 Å². The number of carboxylic acids is 1. The number of aromatic nitrogens is 4. The van der Waals surface area contributed by atoms with Gasteiger partial charge >= 0.3 is 5.97 Å². The molecule has 11 atom stereocenters. The third-order valence-corrected chi connectivity index (χ3v) is 17.4. The van der Waals surface area contributed by atoms with E-state index in [9.17, 15) is 9.90 Å². The van der Waals surface area contributed by atoms with E-state index in [-0.39, 0.29) is 44.8 Å². The van der Waals surface area contributed by atoms with Crippen molar-refractivity contribution in [1.82, 2.24) is 25.1 Å². The average Bonchev–Trinajstić information content (AvgIpc) is 3.65. The second-order valence-electron chi connectivity index (χ2n) is 19.8. The molecule has 2 aliphatic heterocycles. The summed E-state index contributed by atoms with van der Waals surface area (Å²) < 4.78 is 22.2. The number of nitrogens with one attached hydrogen (secondary N) is 1. The number of carboxylic acid groups (broad SMARTS) is 1. The number of rotatable bonds is 9. The monoisotopic (exact) mass is 743 g/mol. The van der Waals surface area contributed by atoms with E-state index >= 15 is 0 Å². The van der Waals surface area contributed by atoms with Gasteiger partial charge in [0.05, 0.1) is 37.9 Å². The van der Waals surface area contributed by atoms with Gasteiger partial charge in [-0.2, -0.15) is 5.10 Å². The lowest BCUT2D eigenvalue weighted by Gasteiger charge is -2.71. The van der Waals surface area contributed by atoms with Gasteiger partial charge in [0.15, 0.2) is 5.82 Å². The molecule has 6 aliphatic rings. The zero-order valence-electron chi connectivity index (χ0n) is 34.1. The van der Waals surface area contributed by atoms with Gasteiger partial charge in [-0.25, -0.2) is 9.67 Å². The van der Waals surface area contributed by atoms with Gasteiger partial charge in [0.1, 0.15) is 6.33 Å². The lowest BCUT2D eigenvalue weighted by atomic mass is 9.34. The fourth-order valence-electron chi connectivity index (χ4n) is 13.8. The minimum absolute atomic E-state index is 0.0800. The molecule has 4 aliphatic carbocycles. The van der Waals surface area contributed by atoms with E-state index in [1.54, 1.807) is 6.33 Å². The molecule has 296 valence electrons. The number of pyridine rings is 1. The molecule has 5 fully saturated rings. The minimum atomic E-state index is -0.618. The van der Waals surface area contributed by atoms with Gasteiger partial charge in [-0.3, -0.25) is 9.78 Å². The normalized spacial score (nSPS) is 41.9. The Hall–Kier alpha value is -2.66. The molecule has 8 rings (SSSR count). The summed E-state index contributed by atoms with van der Waals surface area (Å²) in [6, 6.07) is 3.95. The van der Waals surface area contributed by atoms with Crippen LogP contribution in [0.3, 0.4) is 0 Å². The highest BCUT2D eigenvalue weighted by molar-refractivity contribution is 5.73. The smallest absolute Gasteiger partial charge is 0.307 e. The SMILES string of the molecule is CNC1(CO[C@H]2[C@H](n3ncnc3-c3ccncc3)CC34COC[C@@]2(C)[C@@H]3CC[C@H]2C4=CC[C@@]3(C)[C@H](C(=O)O)[C@@](C)([C@H](C)C(C)C)CC[C@]23C)CCOCC1. The number of allylic oxidation sites excluding steroid dienone is 1. The highest BCUT2D eigenvalue weighted by Crippen LogP contribution is 2.75. The van der Waals surface area contributed by atoms with Crippen molar-refractivity contribution >= 4 is 5.97 Å². The summed E-state index contributed by atoms with van der Waals surface area (Å²) in [6.07, 6.45) is 15.3. The quantitative estimate of drug-likeness (QED) is 0.250. The van der Waals surface area contributed by atoms with Crippen molar-refractivity contribution in [3.8, 4) is 11.4 Å². The summed E-state index contributed by atoms with van der Waals surface area (Å²) in [4.78, 5) is 22.7. The largest absolute Gasteiger partial charge is 0.481 e. The summed E-state index contributed by atoms with van der Waals surface area (Å²) in [5.74, 6) is 1.19. The molecular weight excluding hydrogens is 679 g/mol. The van der Waals surface area contributed by atoms with Crippen molar-refractivity contribution in [2.45, 2.75) is 118 Å². The van der Waals surface area contributed by atoms with Crippen LogP contribution in [0.15, 0.2) is 42.5 Å².